The summed E-state index contributed by atoms with van der Waals surface area (Å²) in [5.41, 5.74) is 1.55. The van der Waals surface area contributed by atoms with E-state index in [-0.39, 0.29) is 6.61 Å². The summed E-state index contributed by atoms with van der Waals surface area (Å²) in [5.74, 6) is 1.40. The number of hydrogen-bond donors (Lipinski definition) is 4. The Hall–Kier alpha value is -2.60. The molecule has 0 fully saturated rings. The van der Waals surface area contributed by atoms with Gasteiger partial charge in [0.2, 0.25) is 5.95 Å². The lowest BCUT2D eigenvalue weighted by atomic mass is 10.2. The second-order valence-electron chi connectivity index (χ2n) is 5.25. The zero-order chi connectivity index (χ0) is 17.4. The molecule has 0 amide bonds. The van der Waals surface area contributed by atoms with Crippen LogP contribution in [0.3, 0.4) is 0 Å². The number of fused-ring (bicyclic) bond motifs is 1. The van der Waals surface area contributed by atoms with Gasteiger partial charge < -0.3 is 20.8 Å². The Labute approximate surface area is 142 Å². The summed E-state index contributed by atoms with van der Waals surface area (Å²) in [6.45, 7) is 4.34. The smallest absolute Gasteiger partial charge is 0.229 e. The SMILES string of the molecule is CC/C=C(\C=C(\O)CC)Nc1nc(NCCO)c2ccccc2n1. The van der Waals surface area contributed by atoms with Gasteiger partial charge in [0.1, 0.15) is 5.82 Å². The van der Waals surface area contributed by atoms with Crippen LogP contribution in [0.15, 0.2) is 47.9 Å². The monoisotopic (exact) mass is 328 g/mol. The molecule has 6 nitrogen and oxygen atoms in total. The average Bonchev–Trinajstić information content (AvgIpc) is 2.59. The predicted molar refractivity (Wildman–Crippen MR) is 98.1 cm³/mol. The number of nitrogens with one attached hydrogen (secondary N) is 2. The summed E-state index contributed by atoms with van der Waals surface area (Å²) >= 11 is 0. The Balaban J connectivity index is 2.38. The Morgan fingerprint density at radius 3 is 2.71 bits per heavy atom. The van der Waals surface area contributed by atoms with Gasteiger partial charge in [-0.2, -0.15) is 4.98 Å². The quantitative estimate of drug-likeness (QED) is 0.437. The molecule has 0 bridgehead atoms. The van der Waals surface area contributed by atoms with Crippen LogP contribution in [0.1, 0.15) is 26.7 Å². The van der Waals surface area contributed by atoms with Crippen LogP contribution in [-0.4, -0.2) is 33.3 Å². The van der Waals surface area contributed by atoms with Crippen molar-refractivity contribution in [3.63, 3.8) is 0 Å². The molecule has 0 spiro atoms. The van der Waals surface area contributed by atoms with Gasteiger partial charge in [0.25, 0.3) is 0 Å². The third-order valence-electron chi connectivity index (χ3n) is 3.37. The topological polar surface area (TPSA) is 90.3 Å². The highest BCUT2D eigenvalue weighted by atomic mass is 16.3. The summed E-state index contributed by atoms with van der Waals surface area (Å²) in [6.07, 6.45) is 5.03. The van der Waals surface area contributed by atoms with Crippen LogP contribution < -0.4 is 10.6 Å². The molecular formula is C18H24N4O2. The number of allylic oxidation sites excluding steroid dienone is 3. The number of aliphatic hydroxyl groups is 2. The van der Waals surface area contributed by atoms with Crippen molar-refractivity contribution in [3.8, 4) is 0 Å². The van der Waals surface area contributed by atoms with Crippen LogP contribution in [0.5, 0.6) is 0 Å². The van der Waals surface area contributed by atoms with Crippen molar-refractivity contribution in [1.82, 2.24) is 9.97 Å². The van der Waals surface area contributed by atoms with E-state index in [9.17, 15) is 5.11 Å². The van der Waals surface area contributed by atoms with E-state index in [1.54, 1.807) is 6.08 Å². The largest absolute Gasteiger partial charge is 0.512 e. The Kier molecular flexibility index (Phi) is 6.57. The summed E-state index contributed by atoms with van der Waals surface area (Å²) in [4.78, 5) is 9.02. The number of aliphatic hydroxyl groups excluding tert-OH is 2. The van der Waals surface area contributed by atoms with Gasteiger partial charge >= 0.3 is 0 Å². The molecule has 1 aromatic heterocycles. The third kappa shape index (κ3) is 4.70. The first-order chi connectivity index (χ1) is 11.7. The highest BCUT2D eigenvalue weighted by Crippen LogP contribution is 2.22. The van der Waals surface area contributed by atoms with Crippen molar-refractivity contribution >= 4 is 22.7 Å². The van der Waals surface area contributed by atoms with E-state index in [0.717, 1.165) is 23.0 Å². The normalized spacial score (nSPS) is 12.5. The predicted octanol–water partition coefficient (Wildman–Crippen LogP) is 3.59. The van der Waals surface area contributed by atoms with E-state index < -0.39 is 0 Å². The minimum atomic E-state index is 0.0230. The molecule has 0 aliphatic carbocycles. The highest BCUT2D eigenvalue weighted by molar-refractivity contribution is 5.90. The summed E-state index contributed by atoms with van der Waals surface area (Å²) in [7, 11) is 0. The summed E-state index contributed by atoms with van der Waals surface area (Å²) in [6, 6.07) is 7.69. The van der Waals surface area contributed by atoms with Gasteiger partial charge in [-0.05, 0) is 24.6 Å². The van der Waals surface area contributed by atoms with Gasteiger partial charge in [-0.25, -0.2) is 4.98 Å². The summed E-state index contributed by atoms with van der Waals surface area (Å²) < 4.78 is 0. The lowest BCUT2D eigenvalue weighted by molar-refractivity contribution is 0.311. The number of para-hydroxylation sites is 1. The molecule has 6 heteroatoms. The third-order valence-corrected chi connectivity index (χ3v) is 3.37. The maximum atomic E-state index is 9.77. The van der Waals surface area contributed by atoms with Crippen molar-refractivity contribution < 1.29 is 10.2 Å². The molecule has 1 aromatic carbocycles. The first-order valence-electron chi connectivity index (χ1n) is 8.16. The maximum absolute atomic E-state index is 9.77. The molecule has 0 atom stereocenters. The van der Waals surface area contributed by atoms with Crippen LogP contribution in [0.4, 0.5) is 11.8 Å². The first kappa shape index (κ1) is 17.7. The number of nitrogens with zero attached hydrogens (tertiary/aromatic N) is 2. The van der Waals surface area contributed by atoms with Gasteiger partial charge in [-0.3, -0.25) is 0 Å². The lowest BCUT2D eigenvalue weighted by Gasteiger charge is -2.12. The Bertz CT molecular complexity index is 741. The Morgan fingerprint density at radius 2 is 2.00 bits per heavy atom. The fourth-order valence-electron chi connectivity index (χ4n) is 2.22. The van der Waals surface area contributed by atoms with Gasteiger partial charge in [0, 0.05) is 24.0 Å². The van der Waals surface area contributed by atoms with Crippen LogP contribution in [0, 0.1) is 0 Å². The molecule has 2 aromatic rings. The van der Waals surface area contributed by atoms with Crippen molar-refractivity contribution in [3.05, 3.63) is 47.9 Å². The van der Waals surface area contributed by atoms with Crippen LogP contribution in [0.2, 0.25) is 0 Å². The molecule has 0 radical (unpaired) electrons. The van der Waals surface area contributed by atoms with Crippen LogP contribution >= 0.6 is 0 Å². The molecule has 0 unspecified atom stereocenters. The molecule has 24 heavy (non-hydrogen) atoms. The molecular weight excluding hydrogens is 304 g/mol. The maximum Gasteiger partial charge on any atom is 0.229 e. The Morgan fingerprint density at radius 1 is 1.21 bits per heavy atom. The fraction of sp³-hybridized carbons (Fsp3) is 0.333. The van der Waals surface area contributed by atoms with E-state index in [1.165, 1.54) is 0 Å². The molecule has 4 N–H and O–H groups in total. The van der Waals surface area contributed by atoms with E-state index in [4.69, 9.17) is 5.11 Å². The number of aromatic nitrogens is 2. The lowest BCUT2D eigenvalue weighted by Crippen LogP contribution is -2.10. The summed E-state index contributed by atoms with van der Waals surface area (Å²) in [5, 5.41) is 26.0. The zero-order valence-electron chi connectivity index (χ0n) is 14.1. The van der Waals surface area contributed by atoms with E-state index >= 15 is 0 Å². The average molecular weight is 328 g/mol. The number of benzene rings is 1. The molecule has 0 aliphatic heterocycles. The number of anilines is 2. The van der Waals surface area contributed by atoms with Crippen molar-refractivity contribution in [1.29, 1.82) is 0 Å². The van der Waals surface area contributed by atoms with Gasteiger partial charge in [-0.1, -0.05) is 32.1 Å². The zero-order valence-corrected chi connectivity index (χ0v) is 14.1. The highest BCUT2D eigenvalue weighted by Gasteiger charge is 2.08. The minimum Gasteiger partial charge on any atom is -0.512 e. The minimum absolute atomic E-state index is 0.0230. The molecule has 0 aliphatic rings. The van der Waals surface area contributed by atoms with E-state index in [1.807, 2.05) is 44.2 Å². The molecule has 0 saturated carbocycles. The number of hydrogen-bond acceptors (Lipinski definition) is 6. The van der Waals surface area contributed by atoms with Crippen LogP contribution in [0.25, 0.3) is 10.9 Å². The van der Waals surface area contributed by atoms with Crippen molar-refractivity contribution in [2.75, 3.05) is 23.8 Å². The number of rotatable bonds is 8. The van der Waals surface area contributed by atoms with Gasteiger partial charge in [0.05, 0.1) is 17.9 Å². The molecule has 1 heterocycles. The van der Waals surface area contributed by atoms with Crippen LogP contribution in [-0.2, 0) is 0 Å². The first-order valence-corrected chi connectivity index (χ1v) is 8.16. The van der Waals surface area contributed by atoms with Gasteiger partial charge in [0.15, 0.2) is 0 Å². The molecule has 0 saturated heterocycles. The molecule has 2 rings (SSSR count). The van der Waals surface area contributed by atoms with E-state index in [0.29, 0.717) is 30.5 Å². The second kappa shape index (κ2) is 8.88. The van der Waals surface area contributed by atoms with E-state index in [2.05, 4.69) is 20.6 Å². The van der Waals surface area contributed by atoms with Crippen molar-refractivity contribution in [2.24, 2.45) is 0 Å². The van der Waals surface area contributed by atoms with Gasteiger partial charge in [-0.15, -0.1) is 0 Å². The second-order valence-corrected chi connectivity index (χ2v) is 5.25. The standard InChI is InChI=1S/C18H24N4O2/c1-3-7-13(12-14(24)4-2)20-18-21-16-9-6-5-8-15(16)17(22-18)19-10-11-23/h5-9,12,23-24H,3-4,10-11H2,1-2H3,(H2,19,20,21,22)/b13-7+,14-12+. The molecule has 128 valence electrons. The fourth-order valence-corrected chi connectivity index (χ4v) is 2.22. The van der Waals surface area contributed by atoms with Crippen molar-refractivity contribution in [2.45, 2.75) is 26.7 Å².